The molecule has 2 fully saturated rings. The summed E-state index contributed by atoms with van der Waals surface area (Å²) < 4.78 is 0. The van der Waals surface area contributed by atoms with Crippen LogP contribution in [0.5, 0.6) is 0 Å². The van der Waals surface area contributed by atoms with Crippen LogP contribution in [0.25, 0.3) is 0 Å². The van der Waals surface area contributed by atoms with Crippen molar-refractivity contribution in [1.29, 1.82) is 0 Å². The summed E-state index contributed by atoms with van der Waals surface area (Å²) in [7, 11) is 1.87. The van der Waals surface area contributed by atoms with Crippen LogP contribution >= 0.6 is 12.4 Å². The Hall–Kier alpha value is -1.59. The van der Waals surface area contributed by atoms with Gasteiger partial charge in [-0.25, -0.2) is 0 Å². The number of hydrogen-bond acceptors (Lipinski definition) is 3. The Morgan fingerprint density at radius 1 is 1.33 bits per heavy atom. The van der Waals surface area contributed by atoms with Gasteiger partial charge in [0.15, 0.2) is 0 Å². The maximum Gasteiger partial charge on any atom is 0.228 e. The zero-order valence-corrected chi connectivity index (χ0v) is 15.4. The summed E-state index contributed by atoms with van der Waals surface area (Å²) in [5.74, 6) is -0.0807. The standard InChI is InChI=1S/C18H25N3O2.ClH/c1-12-5-4-6-16(13(12)2)21-11-14(9-17(21)22)18(23)20(3)15-7-8-19-10-15;/h4-6,14-15,19H,7-11H2,1-3H3;1H. The highest BCUT2D eigenvalue weighted by molar-refractivity contribution is 6.01. The minimum atomic E-state index is -0.229. The third kappa shape index (κ3) is 3.42. The number of carbonyl (C=O) groups is 2. The van der Waals surface area contributed by atoms with Crippen molar-refractivity contribution < 1.29 is 9.59 Å². The Bertz CT molecular complexity index is 629. The first kappa shape index (κ1) is 18.7. The van der Waals surface area contributed by atoms with Crippen molar-refractivity contribution >= 4 is 29.9 Å². The lowest BCUT2D eigenvalue weighted by Crippen LogP contribution is -2.42. The number of carbonyl (C=O) groups excluding carboxylic acids is 2. The Morgan fingerprint density at radius 2 is 2.08 bits per heavy atom. The highest BCUT2D eigenvalue weighted by atomic mass is 35.5. The van der Waals surface area contributed by atoms with Crippen LogP contribution in [-0.4, -0.2) is 49.4 Å². The minimum Gasteiger partial charge on any atom is -0.341 e. The number of likely N-dealkylation sites (N-methyl/N-ethyl adjacent to an activating group) is 1. The zero-order valence-electron chi connectivity index (χ0n) is 14.5. The number of nitrogens with zero attached hydrogens (tertiary/aromatic N) is 2. The van der Waals surface area contributed by atoms with Crippen LogP contribution in [0.3, 0.4) is 0 Å². The molecule has 2 saturated heterocycles. The van der Waals surface area contributed by atoms with Crippen LogP contribution in [0.15, 0.2) is 18.2 Å². The second-order valence-corrected chi connectivity index (χ2v) is 6.72. The van der Waals surface area contributed by atoms with E-state index < -0.39 is 0 Å². The van der Waals surface area contributed by atoms with Crippen molar-refractivity contribution in [2.24, 2.45) is 5.92 Å². The molecular weight excluding hydrogens is 326 g/mol. The van der Waals surface area contributed by atoms with Gasteiger partial charge in [0, 0.05) is 38.3 Å². The van der Waals surface area contributed by atoms with Crippen molar-refractivity contribution in [3.05, 3.63) is 29.3 Å². The molecule has 1 aromatic rings. The Morgan fingerprint density at radius 3 is 2.75 bits per heavy atom. The number of benzene rings is 1. The van der Waals surface area contributed by atoms with Crippen molar-refractivity contribution in [2.45, 2.75) is 32.7 Å². The van der Waals surface area contributed by atoms with Gasteiger partial charge in [0.2, 0.25) is 11.8 Å². The van der Waals surface area contributed by atoms with Gasteiger partial charge < -0.3 is 15.1 Å². The van der Waals surface area contributed by atoms with Crippen molar-refractivity contribution in [1.82, 2.24) is 10.2 Å². The van der Waals surface area contributed by atoms with Crippen LogP contribution in [-0.2, 0) is 9.59 Å². The Labute approximate surface area is 149 Å². The smallest absolute Gasteiger partial charge is 0.228 e. The Balaban J connectivity index is 0.00000208. The SMILES string of the molecule is Cc1cccc(N2CC(C(=O)N(C)C3CCNC3)CC2=O)c1C.Cl. The second kappa shape index (κ2) is 7.53. The summed E-state index contributed by atoms with van der Waals surface area (Å²) in [4.78, 5) is 28.8. The molecule has 1 aromatic carbocycles. The molecule has 0 aromatic heterocycles. The van der Waals surface area contributed by atoms with E-state index in [1.165, 1.54) is 5.56 Å². The largest absolute Gasteiger partial charge is 0.341 e. The third-order valence-corrected chi connectivity index (χ3v) is 5.27. The van der Waals surface area contributed by atoms with E-state index in [1.807, 2.05) is 44.0 Å². The highest BCUT2D eigenvalue weighted by Crippen LogP contribution is 2.30. The third-order valence-electron chi connectivity index (χ3n) is 5.27. The van der Waals surface area contributed by atoms with Gasteiger partial charge in [-0.15, -0.1) is 12.4 Å². The molecule has 0 saturated carbocycles. The van der Waals surface area contributed by atoms with Crippen molar-refractivity contribution in [3.63, 3.8) is 0 Å². The molecule has 0 bridgehead atoms. The topological polar surface area (TPSA) is 52.7 Å². The van der Waals surface area contributed by atoms with E-state index in [4.69, 9.17) is 0 Å². The summed E-state index contributed by atoms with van der Waals surface area (Å²) in [6.07, 6.45) is 1.31. The maximum atomic E-state index is 12.7. The lowest BCUT2D eigenvalue weighted by atomic mass is 10.1. The molecule has 2 amide bonds. The molecule has 2 heterocycles. The summed E-state index contributed by atoms with van der Waals surface area (Å²) in [5.41, 5.74) is 3.22. The van der Waals surface area contributed by atoms with E-state index in [-0.39, 0.29) is 36.2 Å². The van der Waals surface area contributed by atoms with Gasteiger partial charge in [0.1, 0.15) is 0 Å². The molecule has 132 valence electrons. The zero-order chi connectivity index (χ0) is 16.6. The van der Waals surface area contributed by atoms with Gasteiger partial charge in [0.25, 0.3) is 0 Å². The normalized spacial score (nSPS) is 23.3. The number of halogens is 1. The molecule has 1 N–H and O–H groups in total. The van der Waals surface area contributed by atoms with Gasteiger partial charge in [-0.1, -0.05) is 12.1 Å². The average molecular weight is 352 g/mol. The number of nitrogens with one attached hydrogen (secondary N) is 1. The predicted molar refractivity (Wildman–Crippen MR) is 97.7 cm³/mol. The summed E-state index contributed by atoms with van der Waals surface area (Å²) in [5, 5.41) is 3.28. The molecule has 6 heteroatoms. The summed E-state index contributed by atoms with van der Waals surface area (Å²) in [6, 6.07) is 6.24. The fraction of sp³-hybridized carbons (Fsp3) is 0.556. The molecule has 2 aliphatic rings. The Kier molecular flexibility index (Phi) is 5.88. The number of anilines is 1. The van der Waals surface area contributed by atoms with E-state index in [2.05, 4.69) is 5.32 Å². The van der Waals surface area contributed by atoms with Crippen LogP contribution in [0, 0.1) is 19.8 Å². The molecule has 2 aliphatic heterocycles. The van der Waals surface area contributed by atoms with Gasteiger partial charge in [-0.05, 0) is 44.0 Å². The number of rotatable bonds is 3. The number of hydrogen-bond donors (Lipinski definition) is 1. The molecule has 0 radical (unpaired) electrons. The molecular formula is C18H26ClN3O2. The molecule has 0 aliphatic carbocycles. The highest BCUT2D eigenvalue weighted by Gasteiger charge is 2.38. The van der Waals surface area contributed by atoms with Gasteiger partial charge in [-0.2, -0.15) is 0 Å². The fourth-order valence-corrected chi connectivity index (χ4v) is 3.57. The predicted octanol–water partition coefficient (Wildman–Crippen LogP) is 1.90. The van der Waals surface area contributed by atoms with Crippen LogP contribution in [0.1, 0.15) is 24.0 Å². The second-order valence-electron chi connectivity index (χ2n) is 6.72. The number of amides is 2. The maximum absolute atomic E-state index is 12.7. The molecule has 24 heavy (non-hydrogen) atoms. The van der Waals surface area contributed by atoms with Gasteiger partial charge in [0.05, 0.1) is 5.92 Å². The first-order valence-electron chi connectivity index (χ1n) is 8.33. The quantitative estimate of drug-likeness (QED) is 0.905. The molecule has 0 spiro atoms. The van der Waals surface area contributed by atoms with Crippen LogP contribution in [0.2, 0.25) is 0 Å². The lowest BCUT2D eigenvalue weighted by molar-refractivity contribution is -0.136. The minimum absolute atomic E-state index is 0. The molecule has 5 nitrogen and oxygen atoms in total. The molecule has 2 atom stereocenters. The van der Waals surface area contributed by atoms with E-state index in [0.29, 0.717) is 13.0 Å². The van der Waals surface area contributed by atoms with E-state index in [1.54, 1.807) is 4.90 Å². The van der Waals surface area contributed by atoms with Crippen LogP contribution < -0.4 is 10.2 Å². The van der Waals surface area contributed by atoms with E-state index in [0.717, 1.165) is 30.8 Å². The molecule has 2 unspecified atom stereocenters. The average Bonchev–Trinajstić information content (AvgIpc) is 3.18. The molecule has 3 rings (SSSR count). The van der Waals surface area contributed by atoms with Crippen LogP contribution in [0.4, 0.5) is 5.69 Å². The summed E-state index contributed by atoms with van der Waals surface area (Å²) in [6.45, 7) is 6.38. The summed E-state index contributed by atoms with van der Waals surface area (Å²) >= 11 is 0. The van der Waals surface area contributed by atoms with Gasteiger partial charge >= 0.3 is 0 Å². The fourth-order valence-electron chi connectivity index (χ4n) is 3.57. The van der Waals surface area contributed by atoms with Crippen molar-refractivity contribution in [3.8, 4) is 0 Å². The van der Waals surface area contributed by atoms with Crippen molar-refractivity contribution in [2.75, 3.05) is 31.6 Å². The number of aryl methyl sites for hydroxylation is 1. The van der Waals surface area contributed by atoms with Gasteiger partial charge in [-0.3, -0.25) is 9.59 Å². The van der Waals surface area contributed by atoms with E-state index >= 15 is 0 Å². The monoisotopic (exact) mass is 351 g/mol. The van der Waals surface area contributed by atoms with E-state index in [9.17, 15) is 9.59 Å². The first-order valence-corrected chi connectivity index (χ1v) is 8.33. The first-order chi connectivity index (χ1) is 11.0. The lowest BCUT2D eigenvalue weighted by Gasteiger charge is -2.27.